The van der Waals surface area contributed by atoms with Gasteiger partial charge in [-0.25, -0.2) is 9.97 Å². The lowest BCUT2D eigenvalue weighted by molar-refractivity contribution is 0.912. The summed E-state index contributed by atoms with van der Waals surface area (Å²) in [5.41, 5.74) is 7.67. The fourth-order valence-electron chi connectivity index (χ4n) is 1.39. The van der Waals surface area contributed by atoms with E-state index in [0.29, 0.717) is 12.4 Å². The molecule has 0 saturated carbocycles. The fourth-order valence-corrected chi connectivity index (χ4v) is 1.76. The van der Waals surface area contributed by atoms with E-state index in [-0.39, 0.29) is 0 Å². The van der Waals surface area contributed by atoms with Crippen LogP contribution in [0.4, 0.5) is 11.5 Å². The van der Waals surface area contributed by atoms with Crippen LogP contribution in [0.2, 0.25) is 0 Å². The molecule has 88 valence electrons. The minimum Gasteiger partial charge on any atom is -0.340 e. The Morgan fingerprint density at radius 1 is 1.35 bits per heavy atom. The lowest BCUT2D eigenvalue weighted by atomic mass is 10.2. The third-order valence-electron chi connectivity index (χ3n) is 2.33. The predicted octanol–water partition coefficient (Wildman–Crippen LogP) is 2.75. The molecule has 4 nitrogen and oxygen atoms in total. The van der Waals surface area contributed by atoms with Crippen LogP contribution in [0.15, 0.2) is 34.9 Å². The van der Waals surface area contributed by atoms with Gasteiger partial charge in [0.2, 0.25) is 0 Å². The molecule has 0 amide bonds. The van der Waals surface area contributed by atoms with Gasteiger partial charge in [-0.15, -0.1) is 0 Å². The van der Waals surface area contributed by atoms with Crippen LogP contribution >= 0.6 is 15.9 Å². The molecule has 0 bridgehead atoms. The van der Waals surface area contributed by atoms with Gasteiger partial charge in [0.1, 0.15) is 11.6 Å². The van der Waals surface area contributed by atoms with E-state index in [0.717, 1.165) is 16.0 Å². The van der Waals surface area contributed by atoms with Crippen molar-refractivity contribution in [1.82, 2.24) is 9.97 Å². The van der Waals surface area contributed by atoms with Gasteiger partial charge in [-0.1, -0.05) is 22.0 Å². The first kappa shape index (κ1) is 12.0. The van der Waals surface area contributed by atoms with E-state index in [2.05, 4.69) is 31.2 Å². The van der Waals surface area contributed by atoms with E-state index in [4.69, 9.17) is 5.73 Å². The SMILES string of the molecule is Cc1ccc(Nc2ccnc(CN)n2)cc1Br. The molecular weight excluding hydrogens is 280 g/mol. The molecule has 0 aliphatic heterocycles. The third-order valence-corrected chi connectivity index (χ3v) is 3.19. The highest BCUT2D eigenvalue weighted by molar-refractivity contribution is 9.10. The number of nitrogens with two attached hydrogens (primary N) is 1. The molecule has 2 aromatic rings. The van der Waals surface area contributed by atoms with Crippen LogP contribution in [-0.2, 0) is 6.54 Å². The van der Waals surface area contributed by atoms with Crippen molar-refractivity contribution in [1.29, 1.82) is 0 Å². The predicted molar refractivity (Wildman–Crippen MR) is 72.1 cm³/mol. The highest BCUT2D eigenvalue weighted by Crippen LogP contribution is 2.22. The largest absolute Gasteiger partial charge is 0.340 e. The number of hydrogen-bond donors (Lipinski definition) is 2. The Kier molecular flexibility index (Phi) is 3.71. The Labute approximate surface area is 108 Å². The van der Waals surface area contributed by atoms with Crippen molar-refractivity contribution < 1.29 is 0 Å². The Balaban J connectivity index is 2.22. The van der Waals surface area contributed by atoms with Crippen molar-refractivity contribution in [3.8, 4) is 0 Å². The van der Waals surface area contributed by atoms with Crippen molar-refractivity contribution >= 4 is 27.4 Å². The van der Waals surface area contributed by atoms with Crippen LogP contribution in [0.5, 0.6) is 0 Å². The standard InChI is InChI=1S/C12H13BrN4/c1-8-2-3-9(6-10(8)13)16-11-4-5-15-12(7-14)17-11/h2-6H,7,14H2,1H3,(H,15,16,17). The third kappa shape index (κ3) is 3.01. The molecule has 0 saturated heterocycles. The topological polar surface area (TPSA) is 63.8 Å². The highest BCUT2D eigenvalue weighted by Gasteiger charge is 2.00. The maximum atomic E-state index is 5.50. The zero-order valence-electron chi connectivity index (χ0n) is 9.44. The zero-order valence-corrected chi connectivity index (χ0v) is 11.0. The number of hydrogen-bond acceptors (Lipinski definition) is 4. The molecule has 1 heterocycles. The molecule has 0 aliphatic carbocycles. The summed E-state index contributed by atoms with van der Waals surface area (Å²) in [6.45, 7) is 2.39. The second kappa shape index (κ2) is 5.25. The number of aromatic nitrogens is 2. The highest BCUT2D eigenvalue weighted by atomic mass is 79.9. The van der Waals surface area contributed by atoms with E-state index in [1.807, 2.05) is 31.2 Å². The summed E-state index contributed by atoms with van der Waals surface area (Å²) in [6.07, 6.45) is 1.70. The number of anilines is 2. The van der Waals surface area contributed by atoms with Crippen LogP contribution in [0.3, 0.4) is 0 Å². The van der Waals surface area contributed by atoms with Crippen molar-refractivity contribution in [2.24, 2.45) is 5.73 Å². The smallest absolute Gasteiger partial charge is 0.144 e. The van der Waals surface area contributed by atoms with Crippen molar-refractivity contribution in [2.75, 3.05) is 5.32 Å². The number of rotatable bonds is 3. The van der Waals surface area contributed by atoms with Crippen molar-refractivity contribution in [3.63, 3.8) is 0 Å². The summed E-state index contributed by atoms with van der Waals surface area (Å²) in [5, 5.41) is 3.21. The molecule has 3 N–H and O–H groups in total. The Morgan fingerprint density at radius 2 is 2.18 bits per heavy atom. The quantitative estimate of drug-likeness (QED) is 0.913. The molecule has 0 aliphatic rings. The van der Waals surface area contributed by atoms with Gasteiger partial charge in [-0.3, -0.25) is 0 Å². The van der Waals surface area contributed by atoms with Gasteiger partial charge in [0, 0.05) is 16.4 Å². The minimum absolute atomic E-state index is 0.340. The van der Waals surface area contributed by atoms with Gasteiger partial charge in [-0.05, 0) is 30.7 Å². The first-order valence-electron chi connectivity index (χ1n) is 5.24. The Hall–Kier alpha value is -1.46. The van der Waals surface area contributed by atoms with E-state index in [1.54, 1.807) is 6.20 Å². The van der Waals surface area contributed by atoms with Crippen molar-refractivity contribution in [2.45, 2.75) is 13.5 Å². The number of halogens is 1. The lowest BCUT2D eigenvalue weighted by Gasteiger charge is -2.07. The van der Waals surface area contributed by atoms with Gasteiger partial charge in [-0.2, -0.15) is 0 Å². The van der Waals surface area contributed by atoms with Crippen LogP contribution < -0.4 is 11.1 Å². The molecule has 0 spiro atoms. The fraction of sp³-hybridized carbons (Fsp3) is 0.167. The number of aryl methyl sites for hydroxylation is 1. The summed E-state index contributed by atoms with van der Waals surface area (Å²) >= 11 is 3.49. The molecule has 17 heavy (non-hydrogen) atoms. The lowest BCUT2D eigenvalue weighted by Crippen LogP contribution is -2.04. The molecule has 5 heteroatoms. The molecule has 0 atom stereocenters. The second-order valence-corrected chi connectivity index (χ2v) is 4.51. The molecule has 0 fully saturated rings. The number of benzene rings is 1. The summed E-state index contributed by atoms with van der Waals surface area (Å²) in [7, 11) is 0. The van der Waals surface area contributed by atoms with E-state index >= 15 is 0 Å². The van der Waals surface area contributed by atoms with Crippen LogP contribution in [0.25, 0.3) is 0 Å². The monoisotopic (exact) mass is 292 g/mol. The Morgan fingerprint density at radius 3 is 2.88 bits per heavy atom. The minimum atomic E-state index is 0.340. The molecule has 1 aromatic carbocycles. The first-order valence-corrected chi connectivity index (χ1v) is 6.03. The van der Waals surface area contributed by atoms with Gasteiger partial charge >= 0.3 is 0 Å². The number of nitrogens with one attached hydrogen (secondary N) is 1. The second-order valence-electron chi connectivity index (χ2n) is 3.65. The Bertz CT molecular complexity index is 528. The zero-order chi connectivity index (χ0) is 12.3. The average Bonchev–Trinajstić information content (AvgIpc) is 2.34. The first-order chi connectivity index (χ1) is 8.19. The molecule has 2 rings (SSSR count). The van der Waals surface area contributed by atoms with Crippen LogP contribution in [0, 0.1) is 6.92 Å². The van der Waals surface area contributed by atoms with Gasteiger partial charge in [0.15, 0.2) is 0 Å². The maximum absolute atomic E-state index is 5.50. The van der Waals surface area contributed by atoms with Crippen LogP contribution in [0.1, 0.15) is 11.4 Å². The molecule has 1 aromatic heterocycles. The molecule has 0 unspecified atom stereocenters. The van der Waals surface area contributed by atoms with Crippen molar-refractivity contribution in [3.05, 3.63) is 46.3 Å². The van der Waals surface area contributed by atoms with Gasteiger partial charge < -0.3 is 11.1 Å². The van der Waals surface area contributed by atoms with E-state index in [1.165, 1.54) is 5.56 Å². The van der Waals surface area contributed by atoms with Gasteiger partial charge in [0.25, 0.3) is 0 Å². The van der Waals surface area contributed by atoms with Crippen LogP contribution in [-0.4, -0.2) is 9.97 Å². The summed E-state index contributed by atoms with van der Waals surface area (Å²) in [6, 6.07) is 7.87. The molecule has 0 radical (unpaired) electrons. The normalized spacial score (nSPS) is 10.3. The summed E-state index contributed by atoms with van der Waals surface area (Å²) in [4.78, 5) is 8.32. The van der Waals surface area contributed by atoms with E-state index < -0.39 is 0 Å². The molecular formula is C12H13BrN4. The number of nitrogens with zero attached hydrogens (tertiary/aromatic N) is 2. The maximum Gasteiger partial charge on any atom is 0.144 e. The summed E-state index contributed by atoms with van der Waals surface area (Å²) in [5.74, 6) is 1.37. The summed E-state index contributed by atoms with van der Waals surface area (Å²) < 4.78 is 1.07. The average molecular weight is 293 g/mol. The van der Waals surface area contributed by atoms with Gasteiger partial charge in [0.05, 0.1) is 6.54 Å². The van der Waals surface area contributed by atoms with E-state index in [9.17, 15) is 0 Å².